The summed E-state index contributed by atoms with van der Waals surface area (Å²) in [6.45, 7) is 0. The molecule has 0 saturated heterocycles. The second-order valence-corrected chi connectivity index (χ2v) is 4.42. The minimum absolute atomic E-state index is 0.544. The fourth-order valence-electron chi connectivity index (χ4n) is 2.03. The van der Waals surface area contributed by atoms with Gasteiger partial charge in [-0.1, -0.05) is 40.6 Å². The van der Waals surface area contributed by atoms with Gasteiger partial charge in [0.15, 0.2) is 0 Å². The van der Waals surface area contributed by atoms with E-state index < -0.39 is 0 Å². The molecule has 3 aromatic rings. The summed E-state index contributed by atoms with van der Waals surface area (Å²) in [5.41, 5.74) is 1.89. The van der Waals surface area contributed by atoms with Crippen molar-refractivity contribution in [3.8, 4) is 11.5 Å². The van der Waals surface area contributed by atoms with Crippen LogP contribution in [0.15, 0.2) is 76.6 Å². The highest BCUT2D eigenvalue weighted by atomic mass is 16.6. The maximum Gasteiger partial charge on any atom is 0.142 e. The van der Waals surface area contributed by atoms with Crippen LogP contribution in [0, 0.1) is 0 Å². The van der Waals surface area contributed by atoms with E-state index in [9.17, 15) is 0 Å². The number of nitrogens with zero attached hydrogens (tertiary/aromatic N) is 2. The lowest BCUT2D eigenvalue weighted by atomic mass is 10.1. The van der Waals surface area contributed by atoms with Crippen LogP contribution in [0.2, 0.25) is 0 Å². The van der Waals surface area contributed by atoms with E-state index in [1.54, 1.807) is 6.07 Å². The monoisotopic (exact) mass is 294 g/mol. The molecule has 0 fully saturated rings. The molecular weight excluding hydrogens is 280 g/mol. The van der Waals surface area contributed by atoms with Crippen molar-refractivity contribution in [3.05, 3.63) is 78.2 Å². The van der Waals surface area contributed by atoms with Gasteiger partial charge in [-0.25, -0.2) is 0 Å². The van der Waals surface area contributed by atoms with E-state index in [1.807, 2.05) is 54.6 Å². The van der Waals surface area contributed by atoms with Crippen molar-refractivity contribution < 1.29 is 14.1 Å². The fourth-order valence-corrected chi connectivity index (χ4v) is 2.03. The summed E-state index contributed by atoms with van der Waals surface area (Å²) in [5.74, 6) is 1.40. The Morgan fingerprint density at radius 1 is 1.00 bits per heavy atom. The molecule has 5 heteroatoms. The van der Waals surface area contributed by atoms with Crippen molar-refractivity contribution in [2.75, 3.05) is 7.11 Å². The highest BCUT2D eigenvalue weighted by Crippen LogP contribution is 2.27. The molecule has 0 bridgehead atoms. The van der Waals surface area contributed by atoms with Crippen molar-refractivity contribution in [2.45, 2.75) is 0 Å². The first-order valence-corrected chi connectivity index (χ1v) is 6.72. The van der Waals surface area contributed by atoms with Crippen LogP contribution >= 0.6 is 0 Å². The zero-order valence-electron chi connectivity index (χ0n) is 12.0. The minimum Gasteiger partial charge on any atom is -0.457 e. The molecule has 0 saturated carbocycles. The maximum absolute atomic E-state index is 5.94. The van der Waals surface area contributed by atoms with E-state index in [2.05, 4.69) is 10.3 Å². The lowest BCUT2D eigenvalue weighted by Crippen LogP contribution is -2.06. The molecule has 5 nitrogen and oxygen atoms in total. The highest BCUT2D eigenvalue weighted by Gasteiger charge is 2.16. The molecule has 0 amide bonds. The van der Waals surface area contributed by atoms with Gasteiger partial charge in [-0.3, -0.25) is 0 Å². The van der Waals surface area contributed by atoms with Crippen LogP contribution in [0.3, 0.4) is 0 Å². The average Bonchev–Trinajstić information content (AvgIpc) is 3.09. The Hall–Kier alpha value is -3.08. The predicted molar refractivity (Wildman–Crippen MR) is 82.1 cm³/mol. The van der Waals surface area contributed by atoms with Crippen LogP contribution in [0.1, 0.15) is 11.3 Å². The van der Waals surface area contributed by atoms with Crippen LogP contribution in [-0.2, 0) is 4.84 Å². The number of hydrogen-bond acceptors (Lipinski definition) is 5. The first kappa shape index (κ1) is 13.9. The van der Waals surface area contributed by atoms with E-state index in [0.29, 0.717) is 17.2 Å². The summed E-state index contributed by atoms with van der Waals surface area (Å²) in [7, 11) is 1.49. The first-order valence-electron chi connectivity index (χ1n) is 6.72. The molecule has 0 aliphatic heterocycles. The van der Waals surface area contributed by atoms with E-state index in [0.717, 1.165) is 11.3 Å². The largest absolute Gasteiger partial charge is 0.457 e. The quantitative estimate of drug-likeness (QED) is 0.529. The van der Waals surface area contributed by atoms with E-state index in [1.165, 1.54) is 13.4 Å². The summed E-state index contributed by atoms with van der Waals surface area (Å²) in [6.07, 6.45) is 1.49. The van der Waals surface area contributed by atoms with E-state index in [4.69, 9.17) is 14.1 Å². The summed E-state index contributed by atoms with van der Waals surface area (Å²) in [5, 5.41) is 7.97. The molecule has 0 atom stereocenters. The van der Waals surface area contributed by atoms with Gasteiger partial charge in [0, 0.05) is 11.6 Å². The summed E-state index contributed by atoms with van der Waals surface area (Å²) in [4.78, 5) is 4.94. The third kappa shape index (κ3) is 2.98. The summed E-state index contributed by atoms with van der Waals surface area (Å²) < 4.78 is 10.8. The first-order chi connectivity index (χ1) is 10.9. The highest BCUT2D eigenvalue weighted by molar-refractivity contribution is 6.13. The molecule has 0 aliphatic rings. The van der Waals surface area contributed by atoms with Crippen molar-refractivity contribution in [1.82, 2.24) is 5.16 Å². The molecule has 3 rings (SSSR count). The van der Waals surface area contributed by atoms with Crippen LogP contribution < -0.4 is 4.74 Å². The van der Waals surface area contributed by atoms with Crippen molar-refractivity contribution in [3.63, 3.8) is 0 Å². The second-order valence-electron chi connectivity index (χ2n) is 4.42. The number of aromatic nitrogens is 1. The lowest BCUT2D eigenvalue weighted by Gasteiger charge is -2.11. The zero-order valence-corrected chi connectivity index (χ0v) is 12.0. The van der Waals surface area contributed by atoms with Gasteiger partial charge in [-0.2, -0.15) is 0 Å². The number of hydrogen-bond donors (Lipinski definition) is 0. The second kappa shape index (κ2) is 6.58. The van der Waals surface area contributed by atoms with Gasteiger partial charge >= 0.3 is 0 Å². The van der Waals surface area contributed by atoms with Crippen molar-refractivity contribution in [2.24, 2.45) is 5.16 Å². The number of benzene rings is 2. The number of oxime groups is 1. The van der Waals surface area contributed by atoms with Gasteiger partial charge < -0.3 is 14.1 Å². The van der Waals surface area contributed by atoms with Gasteiger partial charge in [-0.15, -0.1) is 0 Å². The molecule has 22 heavy (non-hydrogen) atoms. The molecule has 110 valence electrons. The third-order valence-corrected chi connectivity index (χ3v) is 2.98. The topological polar surface area (TPSA) is 56.9 Å². The van der Waals surface area contributed by atoms with Crippen LogP contribution in [0.25, 0.3) is 0 Å². The molecule has 1 aromatic heterocycles. The van der Waals surface area contributed by atoms with E-state index in [-0.39, 0.29) is 0 Å². The standard InChI is InChI=1S/C17H14N2O3/c1-20-19-17(15-11-12-21-18-15)14-9-5-6-10-16(14)22-13-7-3-2-4-8-13/h2-12H,1H3/b19-17+. The van der Waals surface area contributed by atoms with Crippen LogP contribution in [0.5, 0.6) is 11.5 Å². The zero-order chi connectivity index (χ0) is 15.2. The molecular formula is C17H14N2O3. The Morgan fingerprint density at radius 3 is 2.50 bits per heavy atom. The Balaban J connectivity index is 2.01. The summed E-state index contributed by atoms with van der Waals surface area (Å²) in [6, 6.07) is 18.8. The summed E-state index contributed by atoms with van der Waals surface area (Å²) >= 11 is 0. The van der Waals surface area contributed by atoms with Gasteiger partial charge in [0.2, 0.25) is 0 Å². The van der Waals surface area contributed by atoms with Crippen LogP contribution in [0.4, 0.5) is 0 Å². The Kier molecular flexibility index (Phi) is 4.15. The number of ether oxygens (including phenoxy) is 1. The fraction of sp³-hybridized carbons (Fsp3) is 0.0588. The molecule has 0 aliphatic carbocycles. The average molecular weight is 294 g/mol. The van der Waals surface area contributed by atoms with Gasteiger partial charge in [0.25, 0.3) is 0 Å². The Labute approximate surface area is 127 Å². The third-order valence-electron chi connectivity index (χ3n) is 2.98. The van der Waals surface area contributed by atoms with Crippen LogP contribution in [-0.4, -0.2) is 18.0 Å². The molecule has 0 spiro atoms. The SMILES string of the molecule is CO/N=C(/c1ccon1)c1ccccc1Oc1ccccc1. The Bertz CT molecular complexity index is 753. The van der Waals surface area contributed by atoms with E-state index >= 15 is 0 Å². The van der Waals surface area contributed by atoms with Gasteiger partial charge in [-0.05, 0) is 24.3 Å². The molecule has 1 heterocycles. The predicted octanol–water partition coefficient (Wildman–Crippen LogP) is 3.87. The Morgan fingerprint density at radius 2 is 1.77 bits per heavy atom. The molecule has 0 radical (unpaired) electrons. The maximum atomic E-state index is 5.94. The molecule has 0 unspecified atom stereocenters. The normalized spacial score (nSPS) is 11.2. The van der Waals surface area contributed by atoms with Gasteiger partial charge in [0.1, 0.15) is 36.3 Å². The van der Waals surface area contributed by atoms with Crippen molar-refractivity contribution >= 4 is 5.71 Å². The number of rotatable bonds is 5. The van der Waals surface area contributed by atoms with Crippen molar-refractivity contribution in [1.29, 1.82) is 0 Å². The molecule has 0 N–H and O–H groups in total. The number of para-hydroxylation sites is 2. The lowest BCUT2D eigenvalue weighted by molar-refractivity contribution is 0.213. The minimum atomic E-state index is 0.544. The van der Waals surface area contributed by atoms with Gasteiger partial charge in [0.05, 0.1) is 0 Å². The molecule has 2 aromatic carbocycles. The smallest absolute Gasteiger partial charge is 0.142 e.